The van der Waals surface area contributed by atoms with Gasteiger partial charge in [-0.2, -0.15) is 0 Å². The van der Waals surface area contributed by atoms with Gasteiger partial charge in [-0.05, 0) is 19.0 Å². The molecule has 1 aromatic carbocycles. The SMILES string of the molecule is NCCC(O)c1c[nH]c2c(O)cccc12. The number of hydrogen-bond acceptors (Lipinski definition) is 3. The van der Waals surface area contributed by atoms with Gasteiger partial charge in [-0.15, -0.1) is 0 Å². The van der Waals surface area contributed by atoms with Crippen molar-refractivity contribution in [1.82, 2.24) is 4.98 Å². The van der Waals surface area contributed by atoms with Gasteiger partial charge < -0.3 is 20.9 Å². The Morgan fingerprint density at radius 2 is 2.20 bits per heavy atom. The topological polar surface area (TPSA) is 82.3 Å². The van der Waals surface area contributed by atoms with E-state index in [1.807, 2.05) is 6.07 Å². The van der Waals surface area contributed by atoms with Gasteiger partial charge in [0.15, 0.2) is 0 Å². The van der Waals surface area contributed by atoms with E-state index >= 15 is 0 Å². The maximum absolute atomic E-state index is 9.82. The molecule has 0 bridgehead atoms. The molecule has 5 N–H and O–H groups in total. The number of aromatic amines is 1. The highest BCUT2D eigenvalue weighted by atomic mass is 16.3. The minimum absolute atomic E-state index is 0.193. The van der Waals surface area contributed by atoms with Crippen molar-refractivity contribution in [2.45, 2.75) is 12.5 Å². The van der Waals surface area contributed by atoms with Crippen LogP contribution in [0.5, 0.6) is 5.75 Å². The molecule has 1 atom stereocenters. The summed E-state index contributed by atoms with van der Waals surface area (Å²) in [6.07, 6.45) is 1.65. The largest absolute Gasteiger partial charge is 0.506 e. The molecule has 80 valence electrons. The molecule has 15 heavy (non-hydrogen) atoms. The van der Waals surface area contributed by atoms with Crippen LogP contribution >= 0.6 is 0 Å². The fraction of sp³-hybridized carbons (Fsp3) is 0.273. The zero-order chi connectivity index (χ0) is 10.8. The predicted molar refractivity (Wildman–Crippen MR) is 58.6 cm³/mol. The summed E-state index contributed by atoms with van der Waals surface area (Å²) in [4.78, 5) is 2.94. The highest BCUT2D eigenvalue weighted by Crippen LogP contribution is 2.30. The predicted octanol–water partition coefficient (Wildman–Crippen LogP) is 1.26. The van der Waals surface area contributed by atoms with Gasteiger partial charge in [-0.25, -0.2) is 0 Å². The first kappa shape index (κ1) is 10.0. The van der Waals surface area contributed by atoms with Crippen LogP contribution in [0.4, 0.5) is 0 Å². The van der Waals surface area contributed by atoms with Gasteiger partial charge >= 0.3 is 0 Å². The van der Waals surface area contributed by atoms with Crippen molar-refractivity contribution in [3.8, 4) is 5.75 Å². The molecule has 1 aromatic heterocycles. The van der Waals surface area contributed by atoms with Gasteiger partial charge in [0.2, 0.25) is 0 Å². The Morgan fingerprint density at radius 3 is 2.93 bits per heavy atom. The maximum Gasteiger partial charge on any atom is 0.139 e. The van der Waals surface area contributed by atoms with Crippen LogP contribution in [-0.4, -0.2) is 21.7 Å². The number of rotatable bonds is 3. The van der Waals surface area contributed by atoms with Crippen LogP contribution in [0.3, 0.4) is 0 Å². The van der Waals surface area contributed by atoms with Gasteiger partial charge in [0, 0.05) is 17.1 Å². The third-order valence-corrected chi connectivity index (χ3v) is 2.52. The Labute approximate surface area is 87.3 Å². The molecule has 0 aliphatic carbocycles. The molecule has 2 aromatic rings. The molecular weight excluding hydrogens is 192 g/mol. The Kier molecular flexibility index (Phi) is 2.62. The van der Waals surface area contributed by atoms with Gasteiger partial charge in [0.25, 0.3) is 0 Å². The minimum atomic E-state index is -0.578. The third kappa shape index (κ3) is 1.69. The normalized spacial score (nSPS) is 13.2. The van der Waals surface area contributed by atoms with Crippen LogP contribution in [0.2, 0.25) is 0 Å². The lowest BCUT2D eigenvalue weighted by molar-refractivity contribution is 0.172. The molecule has 0 spiro atoms. The number of fused-ring (bicyclic) bond motifs is 1. The highest BCUT2D eigenvalue weighted by molar-refractivity contribution is 5.88. The summed E-state index contributed by atoms with van der Waals surface area (Å²) in [7, 11) is 0. The second-order valence-corrected chi connectivity index (χ2v) is 3.54. The molecular formula is C11H14N2O2. The number of aliphatic hydroxyl groups is 1. The average Bonchev–Trinajstić information content (AvgIpc) is 2.63. The summed E-state index contributed by atoms with van der Waals surface area (Å²) in [6.45, 7) is 0.437. The zero-order valence-corrected chi connectivity index (χ0v) is 8.27. The number of aliphatic hydroxyl groups excluding tert-OH is 1. The number of H-pyrrole nitrogens is 1. The van der Waals surface area contributed by atoms with E-state index in [4.69, 9.17) is 5.73 Å². The molecule has 0 saturated carbocycles. The van der Waals surface area contributed by atoms with Crippen molar-refractivity contribution < 1.29 is 10.2 Å². The zero-order valence-electron chi connectivity index (χ0n) is 8.27. The number of phenols is 1. The molecule has 0 aliphatic rings. The van der Waals surface area contributed by atoms with E-state index in [-0.39, 0.29) is 5.75 Å². The molecule has 0 saturated heterocycles. The Bertz CT molecular complexity index is 465. The van der Waals surface area contributed by atoms with Crippen molar-refractivity contribution in [1.29, 1.82) is 0 Å². The van der Waals surface area contributed by atoms with Gasteiger partial charge in [-0.1, -0.05) is 12.1 Å². The second kappa shape index (κ2) is 3.92. The third-order valence-electron chi connectivity index (χ3n) is 2.52. The van der Waals surface area contributed by atoms with Crippen LogP contribution < -0.4 is 5.73 Å². The quantitative estimate of drug-likeness (QED) is 0.610. The molecule has 0 fully saturated rings. The first-order valence-electron chi connectivity index (χ1n) is 4.91. The summed E-state index contributed by atoms with van der Waals surface area (Å²) < 4.78 is 0. The van der Waals surface area contributed by atoms with E-state index in [2.05, 4.69) is 4.98 Å². The Balaban J connectivity index is 2.49. The molecule has 1 heterocycles. The lowest BCUT2D eigenvalue weighted by Crippen LogP contribution is -2.06. The number of para-hydroxylation sites is 1. The lowest BCUT2D eigenvalue weighted by atomic mass is 10.1. The van der Waals surface area contributed by atoms with E-state index in [1.54, 1.807) is 18.3 Å². The number of aromatic nitrogens is 1. The molecule has 0 aliphatic heterocycles. The van der Waals surface area contributed by atoms with E-state index in [0.29, 0.717) is 18.5 Å². The van der Waals surface area contributed by atoms with Crippen molar-refractivity contribution in [3.05, 3.63) is 30.0 Å². The number of nitrogens with two attached hydrogens (primary N) is 1. The molecule has 0 radical (unpaired) electrons. The van der Waals surface area contributed by atoms with E-state index in [9.17, 15) is 10.2 Å². The Morgan fingerprint density at radius 1 is 1.40 bits per heavy atom. The number of phenolic OH excluding ortho intramolecular Hbond substituents is 1. The number of nitrogens with one attached hydrogen (secondary N) is 1. The molecule has 2 rings (SSSR count). The van der Waals surface area contributed by atoms with Crippen molar-refractivity contribution in [2.24, 2.45) is 5.73 Å². The summed E-state index contributed by atoms with van der Waals surface area (Å²) in [5.41, 5.74) is 6.83. The van der Waals surface area contributed by atoms with Gasteiger partial charge in [0.1, 0.15) is 5.75 Å². The second-order valence-electron chi connectivity index (χ2n) is 3.54. The van der Waals surface area contributed by atoms with Crippen LogP contribution in [-0.2, 0) is 0 Å². The van der Waals surface area contributed by atoms with Crippen molar-refractivity contribution in [3.63, 3.8) is 0 Å². The summed E-state index contributed by atoms with van der Waals surface area (Å²) in [6, 6.07) is 5.22. The maximum atomic E-state index is 9.82. The van der Waals surface area contributed by atoms with E-state index < -0.39 is 6.10 Å². The molecule has 4 nitrogen and oxygen atoms in total. The monoisotopic (exact) mass is 206 g/mol. The molecule has 0 amide bonds. The first-order chi connectivity index (χ1) is 7.24. The van der Waals surface area contributed by atoms with Crippen LogP contribution in [0, 0.1) is 0 Å². The summed E-state index contributed by atoms with van der Waals surface area (Å²) in [5, 5.41) is 20.2. The highest BCUT2D eigenvalue weighted by Gasteiger charge is 2.13. The van der Waals surface area contributed by atoms with Crippen LogP contribution in [0.25, 0.3) is 10.9 Å². The first-order valence-corrected chi connectivity index (χ1v) is 4.91. The fourth-order valence-electron chi connectivity index (χ4n) is 1.75. The standard InChI is InChI=1S/C11H14N2O2/c12-5-4-9(14)8-6-13-11-7(8)2-1-3-10(11)15/h1-3,6,9,13-15H,4-5,12H2. The fourth-order valence-corrected chi connectivity index (χ4v) is 1.75. The number of aromatic hydroxyl groups is 1. The van der Waals surface area contributed by atoms with Crippen LogP contribution in [0.1, 0.15) is 18.1 Å². The summed E-state index contributed by atoms with van der Waals surface area (Å²) in [5.74, 6) is 0.193. The smallest absolute Gasteiger partial charge is 0.139 e. The Hall–Kier alpha value is -1.52. The van der Waals surface area contributed by atoms with E-state index in [1.165, 1.54) is 0 Å². The number of benzene rings is 1. The van der Waals surface area contributed by atoms with Gasteiger partial charge in [0.05, 0.1) is 11.6 Å². The van der Waals surface area contributed by atoms with Gasteiger partial charge in [-0.3, -0.25) is 0 Å². The average molecular weight is 206 g/mol. The van der Waals surface area contributed by atoms with Crippen LogP contribution in [0.15, 0.2) is 24.4 Å². The minimum Gasteiger partial charge on any atom is -0.506 e. The van der Waals surface area contributed by atoms with Crippen molar-refractivity contribution >= 4 is 10.9 Å². The molecule has 4 heteroatoms. The van der Waals surface area contributed by atoms with Crippen molar-refractivity contribution in [2.75, 3.05) is 6.54 Å². The van der Waals surface area contributed by atoms with E-state index in [0.717, 1.165) is 10.9 Å². The molecule has 1 unspecified atom stereocenters. The lowest BCUT2D eigenvalue weighted by Gasteiger charge is -2.07. The number of hydrogen-bond donors (Lipinski definition) is 4. The summed E-state index contributed by atoms with van der Waals surface area (Å²) >= 11 is 0.